The van der Waals surface area contributed by atoms with Gasteiger partial charge in [-0.05, 0) is 33.3 Å². The maximum Gasteiger partial charge on any atom is 0.318 e. The molecule has 2 heterocycles. The van der Waals surface area contributed by atoms with Gasteiger partial charge in [-0.3, -0.25) is 0 Å². The highest BCUT2D eigenvalue weighted by molar-refractivity contribution is 5.74. The first-order valence-electron chi connectivity index (χ1n) is 8.69. The van der Waals surface area contributed by atoms with Crippen molar-refractivity contribution in [2.75, 3.05) is 7.05 Å². The second kappa shape index (κ2) is 7.61. The maximum absolute atomic E-state index is 12.5. The Bertz CT molecular complexity index is 927. The number of aromatic nitrogens is 3. The fourth-order valence-corrected chi connectivity index (χ4v) is 2.74. The summed E-state index contributed by atoms with van der Waals surface area (Å²) in [7, 11) is 1.71. The minimum atomic E-state index is -0.421. The van der Waals surface area contributed by atoms with Crippen LogP contribution in [-0.2, 0) is 6.54 Å². The number of nitrogens with zero attached hydrogens (tertiary/aromatic N) is 4. The number of rotatable bonds is 5. The van der Waals surface area contributed by atoms with E-state index in [9.17, 15) is 4.79 Å². The molecule has 0 saturated carbocycles. The van der Waals surface area contributed by atoms with E-state index >= 15 is 0 Å². The molecule has 0 aliphatic heterocycles. The zero-order valence-corrected chi connectivity index (χ0v) is 16.1. The van der Waals surface area contributed by atoms with Crippen molar-refractivity contribution >= 4 is 6.03 Å². The van der Waals surface area contributed by atoms with E-state index in [1.807, 2.05) is 45.0 Å². The Balaban J connectivity index is 1.66. The maximum atomic E-state index is 12.5. The lowest BCUT2D eigenvalue weighted by molar-refractivity contribution is 0.200. The molecule has 2 amide bonds. The fourth-order valence-electron chi connectivity index (χ4n) is 2.74. The Hall–Kier alpha value is -3.16. The largest absolute Gasteiger partial charge is 0.361 e. The molecule has 27 heavy (non-hydrogen) atoms. The number of hydrogen-bond donors (Lipinski definition) is 1. The average Bonchev–Trinajstić information content (AvgIpc) is 3.24. The third kappa shape index (κ3) is 3.99. The van der Waals surface area contributed by atoms with E-state index in [2.05, 4.69) is 20.6 Å². The van der Waals surface area contributed by atoms with Crippen molar-refractivity contribution in [2.24, 2.45) is 0 Å². The molecule has 0 aliphatic rings. The molecular formula is C19H23N5O3. The standard InChI is InChI=1S/C19H23N5O3/c1-11-8-6-7-9-15(11)17-21-18(27-23-17)13(3)20-19(25)24(5)10-16-12(2)22-26-14(16)4/h6-9,13H,10H2,1-5H3,(H,20,25)/t13-/m0/s1. The van der Waals surface area contributed by atoms with Gasteiger partial charge in [0.2, 0.25) is 11.7 Å². The van der Waals surface area contributed by atoms with Crippen molar-refractivity contribution in [3.05, 3.63) is 52.7 Å². The molecule has 0 unspecified atom stereocenters. The zero-order valence-electron chi connectivity index (χ0n) is 16.1. The summed E-state index contributed by atoms with van der Waals surface area (Å²) in [6.45, 7) is 7.87. The number of urea groups is 1. The summed E-state index contributed by atoms with van der Waals surface area (Å²) in [5.74, 6) is 1.57. The predicted octanol–water partition coefficient (Wildman–Crippen LogP) is 3.55. The van der Waals surface area contributed by atoms with Crippen LogP contribution in [0.4, 0.5) is 4.79 Å². The lowest BCUT2D eigenvalue weighted by Crippen LogP contribution is -2.38. The molecule has 0 fully saturated rings. The summed E-state index contributed by atoms with van der Waals surface area (Å²) in [5, 5.41) is 10.8. The Morgan fingerprint density at radius 1 is 1.19 bits per heavy atom. The molecular weight excluding hydrogens is 346 g/mol. The van der Waals surface area contributed by atoms with Crippen LogP contribution in [0.15, 0.2) is 33.3 Å². The molecule has 0 bridgehead atoms. The van der Waals surface area contributed by atoms with E-state index in [0.29, 0.717) is 24.0 Å². The van der Waals surface area contributed by atoms with E-state index in [0.717, 1.165) is 22.4 Å². The van der Waals surface area contributed by atoms with Crippen molar-refractivity contribution < 1.29 is 13.8 Å². The van der Waals surface area contributed by atoms with E-state index in [1.54, 1.807) is 18.9 Å². The van der Waals surface area contributed by atoms with E-state index < -0.39 is 6.04 Å². The minimum absolute atomic E-state index is 0.252. The summed E-state index contributed by atoms with van der Waals surface area (Å²) >= 11 is 0. The van der Waals surface area contributed by atoms with Crippen LogP contribution in [0.1, 0.15) is 41.4 Å². The monoisotopic (exact) mass is 369 g/mol. The molecule has 142 valence electrons. The van der Waals surface area contributed by atoms with Crippen LogP contribution >= 0.6 is 0 Å². The fraction of sp³-hybridized carbons (Fsp3) is 0.368. The van der Waals surface area contributed by atoms with Gasteiger partial charge in [0.05, 0.1) is 12.2 Å². The molecule has 0 saturated heterocycles. The first kappa shape index (κ1) is 18.6. The van der Waals surface area contributed by atoms with Gasteiger partial charge < -0.3 is 19.3 Å². The van der Waals surface area contributed by atoms with Gasteiger partial charge in [0.15, 0.2) is 0 Å². The highest BCUT2D eigenvalue weighted by Crippen LogP contribution is 2.22. The van der Waals surface area contributed by atoms with Gasteiger partial charge in [-0.1, -0.05) is 34.6 Å². The normalized spacial score (nSPS) is 12.0. The molecule has 0 radical (unpaired) electrons. The van der Waals surface area contributed by atoms with Gasteiger partial charge in [-0.25, -0.2) is 4.79 Å². The number of hydrogen-bond acceptors (Lipinski definition) is 6. The highest BCUT2D eigenvalue weighted by atomic mass is 16.5. The van der Waals surface area contributed by atoms with Crippen LogP contribution < -0.4 is 5.32 Å². The number of nitrogens with one attached hydrogen (secondary N) is 1. The van der Waals surface area contributed by atoms with Gasteiger partial charge in [0, 0.05) is 18.2 Å². The van der Waals surface area contributed by atoms with Crippen molar-refractivity contribution in [3.63, 3.8) is 0 Å². The summed E-state index contributed by atoms with van der Waals surface area (Å²) in [6, 6.07) is 7.13. The van der Waals surface area contributed by atoms with Crippen molar-refractivity contribution in [2.45, 2.75) is 40.3 Å². The summed E-state index contributed by atoms with van der Waals surface area (Å²) in [6.07, 6.45) is 0. The second-order valence-corrected chi connectivity index (χ2v) is 6.60. The Labute approximate surface area is 157 Å². The lowest BCUT2D eigenvalue weighted by atomic mass is 10.1. The molecule has 2 aromatic heterocycles. The topological polar surface area (TPSA) is 97.3 Å². The third-order valence-corrected chi connectivity index (χ3v) is 4.46. The van der Waals surface area contributed by atoms with Crippen LogP contribution in [0.5, 0.6) is 0 Å². The van der Waals surface area contributed by atoms with Crippen molar-refractivity contribution in [1.29, 1.82) is 0 Å². The summed E-state index contributed by atoms with van der Waals surface area (Å²) in [4.78, 5) is 18.5. The van der Waals surface area contributed by atoms with Gasteiger partial charge in [0.1, 0.15) is 11.8 Å². The summed E-state index contributed by atoms with van der Waals surface area (Å²) < 4.78 is 10.5. The Morgan fingerprint density at radius 3 is 2.59 bits per heavy atom. The predicted molar refractivity (Wildman–Crippen MR) is 98.9 cm³/mol. The van der Waals surface area contributed by atoms with E-state index in [1.165, 1.54) is 0 Å². The van der Waals surface area contributed by atoms with Gasteiger partial charge in [-0.15, -0.1) is 0 Å². The second-order valence-electron chi connectivity index (χ2n) is 6.60. The SMILES string of the molecule is Cc1ccccc1-c1noc([C@H](C)NC(=O)N(C)Cc2c(C)noc2C)n1. The number of carbonyl (C=O) groups excluding carboxylic acids is 1. The first-order chi connectivity index (χ1) is 12.9. The zero-order chi connectivity index (χ0) is 19.6. The molecule has 8 heteroatoms. The van der Waals surface area contributed by atoms with Crippen molar-refractivity contribution in [1.82, 2.24) is 25.5 Å². The van der Waals surface area contributed by atoms with E-state index in [-0.39, 0.29) is 6.03 Å². The van der Waals surface area contributed by atoms with Crippen LogP contribution in [-0.4, -0.2) is 33.3 Å². The summed E-state index contributed by atoms with van der Waals surface area (Å²) in [5.41, 5.74) is 3.64. The molecule has 8 nitrogen and oxygen atoms in total. The smallest absolute Gasteiger partial charge is 0.318 e. The van der Waals surface area contributed by atoms with Crippen molar-refractivity contribution in [3.8, 4) is 11.4 Å². The lowest BCUT2D eigenvalue weighted by Gasteiger charge is -2.19. The van der Waals surface area contributed by atoms with Gasteiger partial charge >= 0.3 is 6.03 Å². The third-order valence-electron chi connectivity index (χ3n) is 4.46. The molecule has 1 aromatic carbocycles. The number of amides is 2. The number of carbonyl (C=O) groups is 1. The Kier molecular flexibility index (Phi) is 5.25. The van der Waals surface area contributed by atoms with Gasteiger partial charge in [-0.2, -0.15) is 4.98 Å². The minimum Gasteiger partial charge on any atom is -0.361 e. The van der Waals surface area contributed by atoms with E-state index in [4.69, 9.17) is 9.05 Å². The molecule has 0 spiro atoms. The first-order valence-corrected chi connectivity index (χ1v) is 8.69. The molecule has 0 aliphatic carbocycles. The quantitative estimate of drug-likeness (QED) is 0.738. The molecule has 1 atom stereocenters. The van der Waals surface area contributed by atoms with Crippen LogP contribution in [0, 0.1) is 20.8 Å². The Morgan fingerprint density at radius 2 is 1.93 bits per heavy atom. The van der Waals surface area contributed by atoms with Crippen LogP contribution in [0.25, 0.3) is 11.4 Å². The molecule has 3 aromatic rings. The average molecular weight is 369 g/mol. The molecule has 1 N–H and O–H groups in total. The molecule has 3 rings (SSSR count). The van der Waals surface area contributed by atoms with Gasteiger partial charge in [0.25, 0.3) is 0 Å². The number of aryl methyl sites for hydroxylation is 3. The van der Waals surface area contributed by atoms with Crippen LogP contribution in [0.2, 0.25) is 0 Å². The van der Waals surface area contributed by atoms with Crippen LogP contribution in [0.3, 0.4) is 0 Å². The number of benzene rings is 1. The highest BCUT2D eigenvalue weighted by Gasteiger charge is 2.21.